The fraction of sp³-hybridized carbons (Fsp3) is 0.261. The summed E-state index contributed by atoms with van der Waals surface area (Å²) in [5.74, 6) is 0.0382. The number of aromatic nitrogens is 2. The molecule has 0 saturated heterocycles. The zero-order chi connectivity index (χ0) is 23.0. The van der Waals surface area contributed by atoms with Crippen molar-refractivity contribution in [2.24, 2.45) is 5.73 Å². The lowest BCUT2D eigenvalue weighted by molar-refractivity contribution is -0.137. The lowest BCUT2D eigenvalue weighted by Crippen LogP contribution is -2.55. The van der Waals surface area contributed by atoms with Gasteiger partial charge in [0.15, 0.2) is 0 Å². The van der Waals surface area contributed by atoms with E-state index in [9.17, 15) is 13.6 Å². The number of rotatable bonds is 4. The van der Waals surface area contributed by atoms with Crippen LogP contribution in [0.1, 0.15) is 19.7 Å². The van der Waals surface area contributed by atoms with E-state index in [2.05, 4.69) is 10.2 Å². The molecule has 2 heterocycles. The number of hydrogen-bond donors (Lipinski definition) is 2. The summed E-state index contributed by atoms with van der Waals surface area (Å²) in [5, 5.41) is 3.22. The first-order valence-corrected chi connectivity index (χ1v) is 10.0. The van der Waals surface area contributed by atoms with E-state index in [1.54, 1.807) is 23.1 Å². The van der Waals surface area contributed by atoms with Gasteiger partial charge in [0.05, 0.1) is 25.2 Å². The highest BCUT2D eigenvalue weighted by atomic mass is 19.1. The first kappa shape index (κ1) is 21.5. The number of nitrogens with one attached hydrogen (secondary N) is 1. The zero-order valence-electron chi connectivity index (χ0n) is 17.7. The number of carbonyl (C=O) groups is 1. The van der Waals surface area contributed by atoms with E-state index in [0.717, 1.165) is 0 Å². The third kappa shape index (κ3) is 3.81. The molecule has 0 spiro atoms. The lowest BCUT2D eigenvalue weighted by atomic mass is 9.99. The average molecular weight is 436 g/mol. The second-order valence-electron chi connectivity index (χ2n) is 8.22. The normalized spacial score (nSPS) is 14.6. The Morgan fingerprint density at radius 1 is 1.25 bits per heavy atom. The van der Waals surface area contributed by atoms with Crippen molar-refractivity contribution in [2.45, 2.75) is 32.5 Å². The smallest absolute Gasteiger partial charge is 0.237 e. The summed E-state index contributed by atoms with van der Waals surface area (Å²) in [4.78, 5) is 22.0. The Bertz CT molecular complexity index is 1230. The third-order valence-corrected chi connectivity index (χ3v) is 5.55. The number of anilines is 2. The minimum absolute atomic E-state index is 0.0679. The molecule has 32 heavy (non-hydrogen) atoms. The molecule has 0 saturated carbocycles. The van der Waals surface area contributed by atoms with Crippen LogP contribution < -0.4 is 11.1 Å². The molecule has 4 rings (SSSR count). The Labute approximate surface area is 184 Å². The molecule has 0 unspecified atom stereocenters. The number of imidazole rings is 1. The molecular weight excluding hydrogens is 414 g/mol. The summed E-state index contributed by atoms with van der Waals surface area (Å²) in [6, 6.07) is 10.2. The summed E-state index contributed by atoms with van der Waals surface area (Å²) < 4.78 is 29.7. The van der Waals surface area contributed by atoms with Crippen LogP contribution in [0.15, 0.2) is 42.5 Å². The highest BCUT2D eigenvalue weighted by molar-refractivity contribution is 5.80. The maximum absolute atomic E-state index is 14.2. The number of nitrogens with two attached hydrogens (primary N) is 1. The van der Waals surface area contributed by atoms with Gasteiger partial charge in [-0.25, -0.2) is 18.6 Å². The molecule has 9 heteroatoms. The van der Waals surface area contributed by atoms with Crippen LogP contribution in [0.3, 0.4) is 0 Å². The van der Waals surface area contributed by atoms with Crippen LogP contribution in [0.5, 0.6) is 0 Å². The summed E-state index contributed by atoms with van der Waals surface area (Å²) >= 11 is 0. The molecule has 3 aromatic rings. The molecule has 0 bridgehead atoms. The van der Waals surface area contributed by atoms with Crippen molar-refractivity contribution in [2.75, 3.05) is 11.9 Å². The summed E-state index contributed by atoms with van der Waals surface area (Å²) in [6.07, 6.45) is 0. The molecule has 0 fully saturated rings. The van der Waals surface area contributed by atoms with Crippen molar-refractivity contribution in [3.05, 3.63) is 71.3 Å². The van der Waals surface area contributed by atoms with E-state index in [1.807, 2.05) is 18.4 Å². The van der Waals surface area contributed by atoms with Crippen molar-refractivity contribution in [1.82, 2.24) is 14.5 Å². The maximum atomic E-state index is 14.2. The van der Waals surface area contributed by atoms with Gasteiger partial charge >= 0.3 is 0 Å². The van der Waals surface area contributed by atoms with Crippen molar-refractivity contribution < 1.29 is 13.6 Å². The van der Waals surface area contributed by atoms with Gasteiger partial charge in [0.25, 0.3) is 0 Å². The maximum Gasteiger partial charge on any atom is 0.237 e. The van der Waals surface area contributed by atoms with E-state index in [0.29, 0.717) is 35.1 Å². The van der Waals surface area contributed by atoms with Gasteiger partial charge in [0.1, 0.15) is 29.0 Å². The lowest BCUT2D eigenvalue weighted by Gasteiger charge is -2.42. The standard InChI is InChI=1S/C23H22F2N6O/c1-23(2)13-30-19(12-31(23)20(32)11-26)29-21(14-4-6-15(24)7-5-14)22(30)28-16-8-9-18(27-3)17(25)10-16/h4-10,28H,11-13,26H2,1-2H3. The predicted molar refractivity (Wildman–Crippen MR) is 117 cm³/mol. The monoisotopic (exact) mass is 436 g/mol. The zero-order valence-corrected chi connectivity index (χ0v) is 17.7. The molecule has 1 aromatic heterocycles. The highest BCUT2D eigenvalue weighted by Crippen LogP contribution is 2.37. The van der Waals surface area contributed by atoms with Crippen molar-refractivity contribution in [1.29, 1.82) is 0 Å². The molecule has 1 amide bonds. The summed E-state index contributed by atoms with van der Waals surface area (Å²) in [6.45, 7) is 11.5. The number of amides is 1. The molecule has 3 N–H and O–H groups in total. The molecule has 0 aliphatic carbocycles. The van der Waals surface area contributed by atoms with Crippen molar-refractivity contribution >= 4 is 23.1 Å². The van der Waals surface area contributed by atoms with Gasteiger partial charge in [-0.1, -0.05) is 6.07 Å². The molecule has 164 valence electrons. The fourth-order valence-electron chi connectivity index (χ4n) is 3.90. The number of carbonyl (C=O) groups excluding carboxylic acids is 1. The Balaban J connectivity index is 1.83. The first-order chi connectivity index (χ1) is 15.2. The van der Waals surface area contributed by atoms with Gasteiger partial charge in [0, 0.05) is 17.8 Å². The summed E-state index contributed by atoms with van der Waals surface area (Å²) in [7, 11) is 0. The van der Waals surface area contributed by atoms with Gasteiger partial charge in [-0.3, -0.25) is 4.79 Å². The van der Waals surface area contributed by atoms with Crippen molar-refractivity contribution in [3.8, 4) is 11.3 Å². The van der Waals surface area contributed by atoms with Crippen LogP contribution in [0, 0.1) is 18.2 Å². The van der Waals surface area contributed by atoms with E-state index in [1.165, 1.54) is 24.3 Å². The number of benzene rings is 2. The van der Waals surface area contributed by atoms with Crippen molar-refractivity contribution in [3.63, 3.8) is 0 Å². The van der Waals surface area contributed by atoms with Gasteiger partial charge < -0.3 is 20.5 Å². The quantitative estimate of drug-likeness (QED) is 0.601. The fourth-order valence-corrected chi connectivity index (χ4v) is 3.90. The SMILES string of the molecule is [C-]#[N+]c1ccc(Nc2c(-c3ccc(F)cc3)nc3n2CC(C)(C)N(C(=O)CN)C3)cc1F. The Morgan fingerprint density at radius 2 is 1.97 bits per heavy atom. The molecule has 2 aromatic carbocycles. The van der Waals surface area contributed by atoms with Gasteiger partial charge in [-0.2, -0.15) is 0 Å². The highest BCUT2D eigenvalue weighted by Gasteiger charge is 2.38. The minimum atomic E-state index is -0.633. The molecule has 0 radical (unpaired) electrons. The van der Waals surface area contributed by atoms with Gasteiger partial charge in [-0.05, 0) is 50.2 Å². The predicted octanol–water partition coefficient (Wildman–Crippen LogP) is 4.20. The second kappa shape index (κ2) is 8.05. The largest absolute Gasteiger partial charge is 0.340 e. The Hall–Kier alpha value is -3.77. The van der Waals surface area contributed by atoms with E-state index < -0.39 is 11.4 Å². The Morgan fingerprint density at radius 3 is 2.59 bits per heavy atom. The number of hydrogen-bond acceptors (Lipinski definition) is 4. The van der Waals surface area contributed by atoms with E-state index in [4.69, 9.17) is 17.3 Å². The molecule has 1 aliphatic rings. The van der Waals surface area contributed by atoms with Crippen LogP contribution in [0.4, 0.5) is 26.0 Å². The van der Waals surface area contributed by atoms with Gasteiger partial charge in [0.2, 0.25) is 11.6 Å². The molecule has 0 atom stereocenters. The first-order valence-electron chi connectivity index (χ1n) is 10.0. The topological polar surface area (TPSA) is 80.5 Å². The van der Waals surface area contributed by atoms with E-state index >= 15 is 0 Å². The van der Waals surface area contributed by atoms with Crippen LogP contribution in [0.2, 0.25) is 0 Å². The van der Waals surface area contributed by atoms with E-state index in [-0.39, 0.29) is 30.5 Å². The van der Waals surface area contributed by atoms with Crippen LogP contribution in [-0.4, -0.2) is 32.4 Å². The molecule has 7 nitrogen and oxygen atoms in total. The number of fused-ring (bicyclic) bond motifs is 1. The third-order valence-electron chi connectivity index (χ3n) is 5.55. The average Bonchev–Trinajstić information content (AvgIpc) is 3.09. The number of halogens is 2. The van der Waals surface area contributed by atoms with Crippen LogP contribution in [-0.2, 0) is 17.9 Å². The van der Waals surface area contributed by atoms with Crippen LogP contribution >= 0.6 is 0 Å². The molecule has 1 aliphatic heterocycles. The van der Waals surface area contributed by atoms with Crippen LogP contribution in [0.25, 0.3) is 16.1 Å². The number of nitrogens with zero attached hydrogens (tertiary/aromatic N) is 4. The van der Waals surface area contributed by atoms with Gasteiger partial charge in [-0.15, -0.1) is 0 Å². The second-order valence-corrected chi connectivity index (χ2v) is 8.22. The summed E-state index contributed by atoms with van der Waals surface area (Å²) in [5.41, 5.74) is 6.65. The Kier molecular flexibility index (Phi) is 5.40. The molecular formula is C23H22F2N6O. The minimum Gasteiger partial charge on any atom is -0.340 e.